The number of hydrogen-bond acceptors (Lipinski definition) is 5. The zero-order valence-corrected chi connectivity index (χ0v) is 21.2. The standard InChI is InChI=1S/C21H17Br2IN2O4/c1-3-5-29-18-10-15(23)13(8-17(18)28-4-2)11-25-26-21(27)19-7-12-6-14(22)9-16(24)20(12)30-19/h3,6-11H,1,4-5H2,2H3,(H,26,27)/b25-11-. The summed E-state index contributed by atoms with van der Waals surface area (Å²) in [6.45, 7) is 6.39. The van der Waals surface area contributed by atoms with E-state index in [-0.39, 0.29) is 5.76 Å². The van der Waals surface area contributed by atoms with E-state index < -0.39 is 5.91 Å². The number of nitrogens with zero attached hydrogens (tertiary/aromatic N) is 1. The van der Waals surface area contributed by atoms with Gasteiger partial charge < -0.3 is 13.9 Å². The van der Waals surface area contributed by atoms with Gasteiger partial charge in [0.15, 0.2) is 17.3 Å². The first kappa shape index (κ1) is 22.8. The minimum absolute atomic E-state index is 0.181. The number of halogens is 3. The number of benzene rings is 2. The predicted molar refractivity (Wildman–Crippen MR) is 133 cm³/mol. The molecule has 0 saturated heterocycles. The molecule has 30 heavy (non-hydrogen) atoms. The second kappa shape index (κ2) is 10.5. The summed E-state index contributed by atoms with van der Waals surface area (Å²) in [5, 5.41) is 4.88. The molecule has 0 saturated carbocycles. The van der Waals surface area contributed by atoms with Gasteiger partial charge in [-0.05, 0) is 75.8 Å². The number of hydrogen-bond donors (Lipinski definition) is 1. The smallest absolute Gasteiger partial charge is 0.307 e. The first-order valence-corrected chi connectivity index (χ1v) is 11.5. The molecule has 0 spiro atoms. The van der Waals surface area contributed by atoms with Crippen LogP contribution in [0.2, 0.25) is 0 Å². The van der Waals surface area contributed by atoms with Crippen molar-refractivity contribution >= 4 is 77.5 Å². The lowest BCUT2D eigenvalue weighted by atomic mass is 10.2. The molecule has 1 amide bonds. The van der Waals surface area contributed by atoms with Gasteiger partial charge in [-0.15, -0.1) is 0 Å². The highest BCUT2D eigenvalue weighted by Crippen LogP contribution is 2.33. The van der Waals surface area contributed by atoms with E-state index in [4.69, 9.17) is 13.9 Å². The topological polar surface area (TPSA) is 73.1 Å². The van der Waals surface area contributed by atoms with Gasteiger partial charge in [0.25, 0.3) is 0 Å². The molecule has 0 fully saturated rings. The van der Waals surface area contributed by atoms with Crippen molar-refractivity contribution in [2.45, 2.75) is 6.92 Å². The van der Waals surface area contributed by atoms with Crippen LogP contribution in [0.25, 0.3) is 11.0 Å². The van der Waals surface area contributed by atoms with Crippen molar-refractivity contribution in [3.05, 3.63) is 66.8 Å². The summed E-state index contributed by atoms with van der Waals surface area (Å²) in [6, 6.07) is 9.06. The number of amides is 1. The zero-order chi connectivity index (χ0) is 21.7. The summed E-state index contributed by atoms with van der Waals surface area (Å²) < 4.78 is 19.5. The van der Waals surface area contributed by atoms with E-state index in [1.54, 1.807) is 24.3 Å². The molecule has 0 aliphatic rings. The molecule has 1 heterocycles. The Kier molecular flexibility index (Phi) is 7.95. The number of fused-ring (bicyclic) bond motifs is 1. The molecule has 3 rings (SSSR count). The minimum Gasteiger partial charge on any atom is -0.490 e. The van der Waals surface area contributed by atoms with Crippen molar-refractivity contribution in [2.75, 3.05) is 13.2 Å². The summed E-state index contributed by atoms with van der Waals surface area (Å²) in [4.78, 5) is 12.4. The number of carbonyl (C=O) groups excluding carboxylic acids is 1. The Morgan fingerprint density at radius 3 is 2.73 bits per heavy atom. The van der Waals surface area contributed by atoms with Crippen molar-refractivity contribution in [3.63, 3.8) is 0 Å². The molecule has 1 N–H and O–H groups in total. The molecule has 156 valence electrons. The molecule has 0 unspecified atom stereocenters. The zero-order valence-electron chi connectivity index (χ0n) is 15.9. The molecule has 9 heteroatoms. The number of rotatable bonds is 8. The Hall–Kier alpha value is -1.85. The Bertz CT molecular complexity index is 1130. The summed E-state index contributed by atoms with van der Waals surface area (Å²) in [5.41, 5.74) is 3.86. The van der Waals surface area contributed by atoms with Crippen molar-refractivity contribution in [2.24, 2.45) is 5.10 Å². The number of furan rings is 1. The number of ether oxygens (including phenoxy) is 2. The highest BCUT2D eigenvalue weighted by molar-refractivity contribution is 14.1. The van der Waals surface area contributed by atoms with Crippen molar-refractivity contribution in [1.82, 2.24) is 5.43 Å². The van der Waals surface area contributed by atoms with Crippen LogP contribution < -0.4 is 14.9 Å². The first-order chi connectivity index (χ1) is 14.4. The Morgan fingerprint density at radius 1 is 1.23 bits per heavy atom. The van der Waals surface area contributed by atoms with E-state index in [1.807, 2.05) is 19.1 Å². The maximum atomic E-state index is 12.4. The third kappa shape index (κ3) is 5.44. The Morgan fingerprint density at radius 2 is 2.00 bits per heavy atom. The van der Waals surface area contributed by atoms with Gasteiger partial charge in [-0.25, -0.2) is 5.43 Å². The van der Waals surface area contributed by atoms with E-state index in [0.29, 0.717) is 35.9 Å². The lowest BCUT2D eigenvalue weighted by molar-refractivity contribution is 0.0929. The van der Waals surface area contributed by atoms with Gasteiger partial charge >= 0.3 is 5.91 Å². The lowest BCUT2D eigenvalue weighted by Gasteiger charge is -2.12. The van der Waals surface area contributed by atoms with Gasteiger partial charge in [0.2, 0.25) is 0 Å². The van der Waals surface area contributed by atoms with Crippen LogP contribution in [0.1, 0.15) is 23.0 Å². The largest absolute Gasteiger partial charge is 0.490 e. The van der Waals surface area contributed by atoms with Crippen LogP contribution in [0, 0.1) is 3.57 Å². The lowest BCUT2D eigenvalue weighted by Crippen LogP contribution is -2.16. The Labute approximate surface area is 204 Å². The van der Waals surface area contributed by atoms with Crippen LogP contribution in [-0.4, -0.2) is 25.3 Å². The quantitative estimate of drug-likeness (QED) is 0.135. The first-order valence-electron chi connectivity index (χ1n) is 8.85. The molecule has 0 bridgehead atoms. The van der Waals surface area contributed by atoms with E-state index in [0.717, 1.165) is 17.9 Å². The van der Waals surface area contributed by atoms with E-state index in [2.05, 4.69) is 71.6 Å². The van der Waals surface area contributed by atoms with Crippen LogP contribution in [0.4, 0.5) is 0 Å². The summed E-state index contributed by atoms with van der Waals surface area (Å²) in [7, 11) is 0. The molecule has 6 nitrogen and oxygen atoms in total. The summed E-state index contributed by atoms with van der Waals surface area (Å²) >= 11 is 9.09. The molecule has 0 radical (unpaired) electrons. The van der Waals surface area contributed by atoms with Gasteiger partial charge in [0.05, 0.1) is 16.4 Å². The second-order valence-corrected chi connectivity index (χ2v) is 8.90. The van der Waals surface area contributed by atoms with Gasteiger partial charge in [0.1, 0.15) is 12.2 Å². The van der Waals surface area contributed by atoms with E-state index in [1.165, 1.54) is 6.21 Å². The molecular formula is C21H17Br2IN2O4. The van der Waals surface area contributed by atoms with Crippen molar-refractivity contribution < 1.29 is 18.7 Å². The SMILES string of the molecule is C=CCOc1cc(Br)c(/C=N\NC(=O)c2cc3cc(Br)cc(I)c3o2)cc1OCC. The summed E-state index contributed by atoms with van der Waals surface area (Å²) in [5.74, 6) is 0.905. The average molecular weight is 648 g/mol. The molecule has 0 atom stereocenters. The minimum atomic E-state index is -0.443. The van der Waals surface area contributed by atoms with Crippen LogP contribution in [-0.2, 0) is 0 Å². The van der Waals surface area contributed by atoms with Crippen LogP contribution in [0.3, 0.4) is 0 Å². The van der Waals surface area contributed by atoms with Gasteiger partial charge in [-0.3, -0.25) is 4.79 Å². The van der Waals surface area contributed by atoms with E-state index in [9.17, 15) is 4.79 Å². The molecule has 1 aromatic heterocycles. The third-order valence-electron chi connectivity index (χ3n) is 3.85. The van der Waals surface area contributed by atoms with Crippen molar-refractivity contribution in [1.29, 1.82) is 0 Å². The van der Waals surface area contributed by atoms with Crippen LogP contribution in [0.15, 0.2) is 61.5 Å². The normalized spacial score (nSPS) is 11.1. The van der Waals surface area contributed by atoms with Crippen molar-refractivity contribution in [3.8, 4) is 11.5 Å². The van der Waals surface area contributed by atoms with Crippen LogP contribution >= 0.6 is 54.5 Å². The van der Waals surface area contributed by atoms with E-state index >= 15 is 0 Å². The fourth-order valence-corrected chi connectivity index (χ4v) is 4.67. The highest BCUT2D eigenvalue weighted by atomic mass is 127. The molecule has 0 aliphatic carbocycles. The fraction of sp³-hybridized carbons (Fsp3) is 0.143. The molecule has 2 aromatic carbocycles. The molecular weight excluding hydrogens is 631 g/mol. The second-order valence-electron chi connectivity index (χ2n) is 5.97. The highest BCUT2D eigenvalue weighted by Gasteiger charge is 2.14. The molecule has 3 aromatic rings. The van der Waals surface area contributed by atoms with Crippen LogP contribution in [0.5, 0.6) is 11.5 Å². The van der Waals surface area contributed by atoms with Gasteiger partial charge in [-0.1, -0.05) is 28.6 Å². The molecule has 0 aliphatic heterocycles. The summed E-state index contributed by atoms with van der Waals surface area (Å²) in [6.07, 6.45) is 3.18. The number of hydrazone groups is 1. The van der Waals surface area contributed by atoms with Gasteiger partial charge in [-0.2, -0.15) is 5.10 Å². The monoisotopic (exact) mass is 646 g/mol. The fourth-order valence-electron chi connectivity index (χ4n) is 2.58. The Balaban J connectivity index is 1.77. The third-order valence-corrected chi connectivity index (χ3v) is 5.79. The predicted octanol–water partition coefficient (Wildman–Crippen LogP) is 6.29. The average Bonchev–Trinajstić information content (AvgIpc) is 3.13. The maximum absolute atomic E-state index is 12.4. The number of carbonyl (C=O) groups is 1. The maximum Gasteiger partial charge on any atom is 0.307 e. The number of nitrogens with one attached hydrogen (secondary N) is 1. The van der Waals surface area contributed by atoms with Gasteiger partial charge in [0, 0.05) is 19.9 Å².